The van der Waals surface area contributed by atoms with Crippen molar-refractivity contribution in [1.82, 2.24) is 14.6 Å². The summed E-state index contributed by atoms with van der Waals surface area (Å²) in [5.41, 5.74) is -0.501. The van der Waals surface area contributed by atoms with Gasteiger partial charge in [-0.05, 0) is 71.1 Å². The molecule has 2 heterocycles. The molecule has 2 aromatic heterocycles. The molecule has 1 aromatic carbocycles. The van der Waals surface area contributed by atoms with Gasteiger partial charge in [0, 0.05) is 5.56 Å². The first kappa shape index (κ1) is 24.1. The highest BCUT2D eigenvalue weighted by Gasteiger charge is 2.54. The number of ether oxygens (including phenoxy) is 1. The van der Waals surface area contributed by atoms with Crippen molar-refractivity contribution in [3.63, 3.8) is 0 Å². The van der Waals surface area contributed by atoms with Gasteiger partial charge in [-0.15, -0.1) is 0 Å². The molecule has 180 valence electrons. The third-order valence-electron chi connectivity index (χ3n) is 6.92. The summed E-state index contributed by atoms with van der Waals surface area (Å²) in [6.07, 6.45) is 0.756. The van der Waals surface area contributed by atoms with Gasteiger partial charge >= 0.3 is 0 Å². The molecule has 1 aliphatic rings. The van der Waals surface area contributed by atoms with Crippen LogP contribution in [0.2, 0.25) is 0 Å². The second kappa shape index (κ2) is 7.49. The molecule has 0 atom stereocenters. The Labute approximate surface area is 198 Å². The van der Waals surface area contributed by atoms with E-state index < -0.39 is 31.7 Å². The summed E-state index contributed by atoms with van der Waals surface area (Å²) in [5.74, 6) is 0.282. The topological polar surface area (TPSA) is 114 Å². The number of benzene rings is 1. The fourth-order valence-corrected chi connectivity index (χ4v) is 7.52. The van der Waals surface area contributed by atoms with Gasteiger partial charge < -0.3 is 14.9 Å². The van der Waals surface area contributed by atoms with Crippen molar-refractivity contribution >= 4 is 26.1 Å². The lowest BCUT2D eigenvalue weighted by molar-refractivity contribution is -0.0881. The maximum Gasteiger partial charge on any atom is 0.213 e. The van der Waals surface area contributed by atoms with Crippen molar-refractivity contribution in [3.8, 4) is 17.0 Å². The lowest BCUT2D eigenvalue weighted by Crippen LogP contribution is -2.54. The third-order valence-corrected chi connectivity index (χ3v) is 10.3. The Morgan fingerprint density at radius 3 is 2.39 bits per heavy atom. The average Bonchev–Trinajstić information content (AvgIpc) is 3.20. The number of fused-ring (bicyclic) bond motifs is 1. The predicted molar refractivity (Wildman–Crippen MR) is 127 cm³/mol. The van der Waals surface area contributed by atoms with E-state index in [0.29, 0.717) is 39.8 Å². The molecule has 0 unspecified atom stereocenters. The highest BCUT2D eigenvalue weighted by Crippen LogP contribution is 2.53. The molecule has 33 heavy (non-hydrogen) atoms. The number of methoxy groups -OCH3 is 1. The van der Waals surface area contributed by atoms with Crippen molar-refractivity contribution in [2.75, 3.05) is 7.11 Å². The van der Waals surface area contributed by atoms with Crippen molar-refractivity contribution in [2.24, 2.45) is 5.41 Å². The van der Waals surface area contributed by atoms with Crippen LogP contribution in [0.25, 0.3) is 16.2 Å². The summed E-state index contributed by atoms with van der Waals surface area (Å²) < 4.78 is 34.2. The SMILES string of the molecule is COc1ccc(-c2c(C)nc3sc(C(C)(C)O)nn23)cc1S(=O)(=O)[C@H]1C[C@@](C)(C(C)(C)O)C1. The Morgan fingerprint density at radius 1 is 1.21 bits per heavy atom. The number of rotatable bonds is 6. The van der Waals surface area contributed by atoms with Crippen molar-refractivity contribution in [1.29, 1.82) is 0 Å². The molecule has 0 aliphatic heterocycles. The van der Waals surface area contributed by atoms with Crippen LogP contribution in [-0.2, 0) is 15.4 Å². The summed E-state index contributed by atoms with van der Waals surface area (Å²) in [6.45, 7) is 10.5. The standard InChI is InChI=1S/C23H31N3O5S2/c1-13-18(26-20(24-13)32-19(25-26)21(2,3)27)14-8-9-16(31-7)17(10-14)33(29,30)15-11-23(6,12-15)22(4,5)28/h8-10,15,27-28H,11-12H2,1-7H3/t15-,23+. The van der Waals surface area contributed by atoms with Gasteiger partial charge in [0.25, 0.3) is 0 Å². The summed E-state index contributed by atoms with van der Waals surface area (Å²) in [4.78, 5) is 5.31. The van der Waals surface area contributed by atoms with Crippen LogP contribution in [0.5, 0.6) is 5.75 Å². The maximum absolute atomic E-state index is 13.6. The largest absolute Gasteiger partial charge is 0.495 e. The molecule has 0 amide bonds. The van der Waals surface area contributed by atoms with Crippen molar-refractivity contribution < 1.29 is 23.4 Å². The zero-order chi connectivity index (χ0) is 24.6. The smallest absolute Gasteiger partial charge is 0.213 e. The van der Waals surface area contributed by atoms with Gasteiger partial charge in [0.2, 0.25) is 4.96 Å². The highest BCUT2D eigenvalue weighted by molar-refractivity contribution is 7.92. The molecule has 8 nitrogen and oxygen atoms in total. The van der Waals surface area contributed by atoms with Crippen LogP contribution in [0, 0.1) is 12.3 Å². The molecule has 0 radical (unpaired) electrons. The van der Waals surface area contributed by atoms with Crippen LogP contribution in [0.15, 0.2) is 23.1 Å². The molecule has 0 bridgehead atoms. The van der Waals surface area contributed by atoms with Gasteiger partial charge in [-0.2, -0.15) is 5.10 Å². The van der Waals surface area contributed by atoms with E-state index >= 15 is 0 Å². The van der Waals surface area contributed by atoms with E-state index in [0.717, 1.165) is 0 Å². The van der Waals surface area contributed by atoms with Gasteiger partial charge in [-0.3, -0.25) is 0 Å². The predicted octanol–water partition coefficient (Wildman–Crippen LogP) is 3.72. The molecule has 3 aromatic rings. The molecular formula is C23H31N3O5S2. The van der Waals surface area contributed by atoms with E-state index in [9.17, 15) is 18.6 Å². The van der Waals surface area contributed by atoms with E-state index in [-0.39, 0.29) is 10.6 Å². The zero-order valence-electron chi connectivity index (χ0n) is 20.0. The Bertz CT molecular complexity index is 1320. The average molecular weight is 494 g/mol. The van der Waals surface area contributed by atoms with Crippen molar-refractivity contribution in [2.45, 2.75) is 75.7 Å². The Morgan fingerprint density at radius 2 is 1.85 bits per heavy atom. The van der Waals surface area contributed by atoms with E-state index in [1.54, 1.807) is 50.4 Å². The molecule has 1 fully saturated rings. The number of nitrogens with zero attached hydrogens (tertiary/aromatic N) is 3. The summed E-state index contributed by atoms with van der Waals surface area (Å²) in [7, 11) is -2.25. The first-order valence-electron chi connectivity index (χ1n) is 10.8. The number of sulfone groups is 1. The fourth-order valence-electron chi connectivity index (χ4n) is 4.32. The van der Waals surface area contributed by atoms with Crippen LogP contribution in [0.4, 0.5) is 0 Å². The van der Waals surface area contributed by atoms with Gasteiger partial charge in [0.15, 0.2) is 9.84 Å². The normalized spacial score (nSPS) is 21.9. The van der Waals surface area contributed by atoms with E-state index in [2.05, 4.69) is 10.1 Å². The lowest BCUT2D eigenvalue weighted by atomic mass is 9.61. The first-order chi connectivity index (χ1) is 15.1. The molecule has 0 saturated heterocycles. The minimum atomic E-state index is -3.70. The number of imidazole rings is 1. The molecule has 2 N–H and O–H groups in total. The number of aromatic nitrogens is 3. The van der Waals surface area contributed by atoms with Gasteiger partial charge in [-0.25, -0.2) is 17.9 Å². The number of aryl methyl sites for hydroxylation is 1. The molecular weight excluding hydrogens is 462 g/mol. The van der Waals surface area contributed by atoms with E-state index in [1.807, 2.05) is 13.8 Å². The van der Waals surface area contributed by atoms with Crippen LogP contribution >= 0.6 is 11.3 Å². The van der Waals surface area contributed by atoms with Crippen LogP contribution in [0.1, 0.15) is 58.2 Å². The summed E-state index contributed by atoms with van der Waals surface area (Å²) in [6, 6.07) is 5.06. The zero-order valence-corrected chi connectivity index (χ0v) is 21.6. The minimum absolute atomic E-state index is 0.123. The van der Waals surface area contributed by atoms with Gasteiger partial charge in [0.1, 0.15) is 21.3 Å². The molecule has 1 aliphatic carbocycles. The lowest BCUT2D eigenvalue weighted by Gasteiger charge is -2.51. The second-order valence-corrected chi connectivity index (χ2v) is 13.4. The summed E-state index contributed by atoms with van der Waals surface area (Å²) in [5, 5.41) is 25.3. The molecule has 4 rings (SSSR count). The van der Waals surface area contributed by atoms with Gasteiger partial charge in [-0.1, -0.05) is 18.3 Å². The molecule has 10 heteroatoms. The second-order valence-electron chi connectivity index (χ2n) is 10.3. The third kappa shape index (κ3) is 3.86. The Hall–Kier alpha value is -2.01. The Balaban J connectivity index is 1.79. The van der Waals surface area contributed by atoms with Crippen LogP contribution in [0.3, 0.4) is 0 Å². The number of aliphatic hydroxyl groups is 2. The Kier molecular flexibility index (Phi) is 5.48. The highest BCUT2D eigenvalue weighted by atomic mass is 32.2. The van der Waals surface area contributed by atoms with Crippen LogP contribution < -0.4 is 4.74 Å². The van der Waals surface area contributed by atoms with Crippen LogP contribution in [-0.4, -0.2) is 51.2 Å². The van der Waals surface area contributed by atoms with E-state index in [1.165, 1.54) is 18.4 Å². The monoisotopic (exact) mass is 493 g/mol. The van der Waals surface area contributed by atoms with Crippen molar-refractivity contribution in [3.05, 3.63) is 28.9 Å². The quantitative estimate of drug-likeness (QED) is 0.538. The number of hydrogen-bond acceptors (Lipinski definition) is 8. The van der Waals surface area contributed by atoms with E-state index in [4.69, 9.17) is 4.74 Å². The fraction of sp³-hybridized carbons (Fsp3) is 0.565. The minimum Gasteiger partial charge on any atom is -0.495 e. The molecule has 0 spiro atoms. The summed E-state index contributed by atoms with van der Waals surface area (Å²) >= 11 is 1.30. The number of hydrogen-bond donors (Lipinski definition) is 2. The first-order valence-corrected chi connectivity index (χ1v) is 13.2. The molecule has 1 saturated carbocycles. The maximum atomic E-state index is 13.6. The van der Waals surface area contributed by atoms with Gasteiger partial charge in [0.05, 0.1) is 29.3 Å².